The molecule has 2 aromatic rings. The van der Waals surface area contributed by atoms with Crippen LogP contribution in [-0.4, -0.2) is 32.2 Å². The average molecular weight is 288 g/mol. The minimum absolute atomic E-state index is 0.0169. The van der Waals surface area contributed by atoms with Gasteiger partial charge in [-0.3, -0.25) is 14.6 Å². The maximum atomic E-state index is 12.2. The van der Waals surface area contributed by atoms with Crippen LogP contribution in [0.2, 0.25) is 0 Å². The summed E-state index contributed by atoms with van der Waals surface area (Å²) in [4.78, 5) is 38.8. The number of aromatic nitrogens is 3. The molecule has 2 heterocycles. The Balaban J connectivity index is 2.43. The molecule has 8 nitrogen and oxygen atoms in total. The van der Waals surface area contributed by atoms with E-state index in [1.807, 2.05) is 0 Å². The highest BCUT2D eigenvalue weighted by Gasteiger charge is 2.19. The molecule has 0 aliphatic carbocycles. The number of carbonyl (C=O) groups is 2. The Hall–Kier alpha value is -3.03. The van der Waals surface area contributed by atoms with E-state index in [4.69, 9.17) is 5.11 Å². The van der Waals surface area contributed by atoms with Gasteiger partial charge in [0.15, 0.2) is 0 Å². The fraction of sp³-hybridized carbons (Fsp3) is 0.154. The minimum atomic E-state index is -1.20. The molecule has 2 rings (SSSR count). The number of aromatic amines is 1. The molecule has 2 aromatic heterocycles. The Bertz CT molecular complexity index is 782. The van der Waals surface area contributed by atoms with Crippen molar-refractivity contribution in [2.75, 3.05) is 5.32 Å². The van der Waals surface area contributed by atoms with Crippen LogP contribution < -0.4 is 10.9 Å². The molecular formula is C13H12N4O4. The lowest BCUT2D eigenvalue weighted by Crippen LogP contribution is -2.27. The quantitative estimate of drug-likeness (QED) is 0.764. The lowest BCUT2D eigenvalue weighted by atomic mass is 10.1. The van der Waals surface area contributed by atoms with Gasteiger partial charge < -0.3 is 10.4 Å². The standard InChI is InChI=1S/C13H12N4O4/c1-6-7(2)16-17-12(19)10(6)11(18)15-9-5-14-4-3-8(9)13(20)21/h3-5H,1-2H3,(H,15,18)(H,17,19)(H,20,21). The highest BCUT2D eigenvalue weighted by Crippen LogP contribution is 2.15. The van der Waals surface area contributed by atoms with E-state index in [1.54, 1.807) is 13.8 Å². The van der Waals surface area contributed by atoms with E-state index in [9.17, 15) is 14.4 Å². The Labute approximate surface area is 118 Å². The second kappa shape index (κ2) is 5.53. The number of amides is 1. The maximum Gasteiger partial charge on any atom is 0.337 e. The predicted molar refractivity (Wildman–Crippen MR) is 73.5 cm³/mol. The van der Waals surface area contributed by atoms with Crippen molar-refractivity contribution < 1.29 is 14.7 Å². The van der Waals surface area contributed by atoms with Gasteiger partial charge in [0.05, 0.1) is 23.1 Å². The summed E-state index contributed by atoms with van der Waals surface area (Å²) in [6, 6.07) is 1.26. The van der Waals surface area contributed by atoms with Gasteiger partial charge in [-0.1, -0.05) is 0 Å². The lowest BCUT2D eigenvalue weighted by molar-refractivity contribution is 0.0698. The number of H-pyrrole nitrogens is 1. The first kappa shape index (κ1) is 14.4. The summed E-state index contributed by atoms with van der Waals surface area (Å²) in [6.07, 6.45) is 2.51. The van der Waals surface area contributed by atoms with Crippen molar-refractivity contribution in [3.8, 4) is 0 Å². The first-order valence-electron chi connectivity index (χ1n) is 5.96. The number of carboxylic acid groups (broad SMARTS) is 1. The topological polar surface area (TPSA) is 125 Å². The SMILES string of the molecule is Cc1n[nH]c(=O)c(C(=O)Nc2cnccc2C(=O)O)c1C. The highest BCUT2D eigenvalue weighted by atomic mass is 16.4. The molecule has 0 bridgehead atoms. The van der Waals surface area contributed by atoms with Gasteiger partial charge in [0.25, 0.3) is 11.5 Å². The molecule has 0 fully saturated rings. The Morgan fingerprint density at radius 3 is 2.71 bits per heavy atom. The number of anilines is 1. The van der Waals surface area contributed by atoms with E-state index in [2.05, 4.69) is 20.5 Å². The van der Waals surface area contributed by atoms with Gasteiger partial charge in [0.1, 0.15) is 5.56 Å². The van der Waals surface area contributed by atoms with Crippen LogP contribution in [0.25, 0.3) is 0 Å². The van der Waals surface area contributed by atoms with E-state index in [0.29, 0.717) is 11.3 Å². The number of aryl methyl sites for hydroxylation is 1. The predicted octanol–water partition coefficient (Wildman–Crippen LogP) is 0.732. The van der Waals surface area contributed by atoms with E-state index in [1.165, 1.54) is 18.5 Å². The number of carboxylic acids is 1. The third-order valence-electron chi connectivity index (χ3n) is 3.00. The van der Waals surface area contributed by atoms with Gasteiger partial charge in [-0.05, 0) is 25.5 Å². The summed E-state index contributed by atoms with van der Waals surface area (Å²) in [5.74, 6) is -1.92. The fourth-order valence-electron chi connectivity index (χ4n) is 1.76. The van der Waals surface area contributed by atoms with Crippen LogP contribution in [0.5, 0.6) is 0 Å². The minimum Gasteiger partial charge on any atom is -0.478 e. The summed E-state index contributed by atoms with van der Waals surface area (Å²) in [5.41, 5.74) is 0.0851. The largest absolute Gasteiger partial charge is 0.478 e. The number of nitrogens with one attached hydrogen (secondary N) is 2. The van der Waals surface area contributed by atoms with Crippen LogP contribution in [-0.2, 0) is 0 Å². The molecule has 8 heteroatoms. The third-order valence-corrected chi connectivity index (χ3v) is 3.00. The van der Waals surface area contributed by atoms with Gasteiger partial charge in [0.2, 0.25) is 0 Å². The summed E-state index contributed by atoms with van der Waals surface area (Å²) in [6.45, 7) is 3.24. The van der Waals surface area contributed by atoms with Crippen molar-refractivity contribution in [3.63, 3.8) is 0 Å². The zero-order valence-electron chi connectivity index (χ0n) is 11.3. The summed E-state index contributed by atoms with van der Waals surface area (Å²) >= 11 is 0. The van der Waals surface area contributed by atoms with E-state index < -0.39 is 17.4 Å². The summed E-state index contributed by atoms with van der Waals surface area (Å²) < 4.78 is 0. The molecule has 0 aromatic carbocycles. The van der Waals surface area contributed by atoms with Gasteiger partial charge in [-0.2, -0.15) is 5.10 Å². The lowest BCUT2D eigenvalue weighted by Gasteiger charge is -2.09. The number of hydrogen-bond acceptors (Lipinski definition) is 5. The monoisotopic (exact) mass is 288 g/mol. The van der Waals surface area contributed by atoms with E-state index >= 15 is 0 Å². The van der Waals surface area contributed by atoms with Gasteiger partial charge in [-0.15, -0.1) is 0 Å². The molecule has 0 radical (unpaired) electrons. The fourth-order valence-corrected chi connectivity index (χ4v) is 1.76. The number of carbonyl (C=O) groups excluding carboxylic acids is 1. The number of hydrogen-bond donors (Lipinski definition) is 3. The molecule has 0 saturated carbocycles. The Morgan fingerprint density at radius 1 is 1.33 bits per heavy atom. The molecule has 0 aliphatic heterocycles. The van der Waals surface area contributed by atoms with Crippen LogP contribution in [0.4, 0.5) is 5.69 Å². The van der Waals surface area contributed by atoms with Crippen LogP contribution in [0, 0.1) is 13.8 Å². The maximum absolute atomic E-state index is 12.2. The second-order valence-electron chi connectivity index (χ2n) is 4.32. The molecule has 108 valence electrons. The molecule has 0 spiro atoms. The molecule has 0 aliphatic rings. The normalized spacial score (nSPS) is 10.2. The highest BCUT2D eigenvalue weighted by molar-refractivity contribution is 6.08. The van der Waals surface area contributed by atoms with Crippen LogP contribution >= 0.6 is 0 Å². The number of aromatic carboxylic acids is 1. The van der Waals surface area contributed by atoms with Crippen molar-refractivity contribution in [2.24, 2.45) is 0 Å². The first-order chi connectivity index (χ1) is 9.91. The molecular weight excluding hydrogens is 276 g/mol. The zero-order valence-corrected chi connectivity index (χ0v) is 11.3. The first-order valence-corrected chi connectivity index (χ1v) is 5.96. The molecule has 3 N–H and O–H groups in total. The van der Waals surface area contributed by atoms with Gasteiger partial charge in [-0.25, -0.2) is 9.89 Å². The molecule has 0 unspecified atom stereocenters. The van der Waals surface area contributed by atoms with Gasteiger partial charge in [0, 0.05) is 6.20 Å². The van der Waals surface area contributed by atoms with Crippen LogP contribution in [0.15, 0.2) is 23.3 Å². The second-order valence-corrected chi connectivity index (χ2v) is 4.32. The van der Waals surface area contributed by atoms with E-state index in [-0.39, 0.29) is 16.8 Å². The molecule has 21 heavy (non-hydrogen) atoms. The van der Waals surface area contributed by atoms with Crippen LogP contribution in [0.3, 0.4) is 0 Å². The molecule has 0 saturated heterocycles. The number of pyridine rings is 1. The van der Waals surface area contributed by atoms with Crippen LogP contribution in [0.1, 0.15) is 32.0 Å². The third kappa shape index (κ3) is 2.78. The number of rotatable bonds is 3. The molecule has 1 amide bonds. The van der Waals surface area contributed by atoms with Crippen molar-refractivity contribution in [3.05, 3.63) is 51.2 Å². The van der Waals surface area contributed by atoms with Crippen molar-refractivity contribution in [2.45, 2.75) is 13.8 Å². The summed E-state index contributed by atoms with van der Waals surface area (Å²) in [5, 5.41) is 17.4. The number of nitrogens with zero attached hydrogens (tertiary/aromatic N) is 2. The van der Waals surface area contributed by atoms with Crippen molar-refractivity contribution in [1.82, 2.24) is 15.2 Å². The van der Waals surface area contributed by atoms with E-state index in [0.717, 1.165) is 0 Å². The Morgan fingerprint density at radius 2 is 2.05 bits per heavy atom. The van der Waals surface area contributed by atoms with Crippen molar-refractivity contribution >= 4 is 17.6 Å². The summed E-state index contributed by atoms with van der Waals surface area (Å²) in [7, 11) is 0. The Kier molecular flexibility index (Phi) is 3.79. The van der Waals surface area contributed by atoms with Crippen molar-refractivity contribution in [1.29, 1.82) is 0 Å². The van der Waals surface area contributed by atoms with Gasteiger partial charge >= 0.3 is 5.97 Å². The average Bonchev–Trinajstić information content (AvgIpc) is 2.43. The zero-order chi connectivity index (χ0) is 15.6. The smallest absolute Gasteiger partial charge is 0.337 e. The molecule has 0 atom stereocenters.